The third-order valence-electron chi connectivity index (χ3n) is 4.39. The zero-order chi connectivity index (χ0) is 20.8. The van der Waals surface area contributed by atoms with Crippen LogP contribution >= 0.6 is 11.6 Å². The lowest BCUT2D eigenvalue weighted by Gasteiger charge is -2.09. The molecule has 3 aromatic rings. The van der Waals surface area contributed by atoms with Gasteiger partial charge in [-0.2, -0.15) is 0 Å². The maximum Gasteiger partial charge on any atom is 0.308 e. The molecular weight excluding hydrogens is 392 g/mol. The Morgan fingerprint density at radius 3 is 2.59 bits per heavy atom. The summed E-state index contributed by atoms with van der Waals surface area (Å²) in [5.41, 5.74) is 3.63. The molecular formula is C22H23ClN2O4. The number of aromatic amines is 1. The van der Waals surface area contributed by atoms with Crippen molar-refractivity contribution in [2.24, 2.45) is 0 Å². The lowest BCUT2D eigenvalue weighted by molar-refractivity contribution is -0.131. The molecule has 0 unspecified atom stereocenters. The number of carbonyl (C=O) groups is 2. The number of rotatable bonds is 9. The molecule has 0 radical (unpaired) electrons. The molecule has 0 atom stereocenters. The van der Waals surface area contributed by atoms with Gasteiger partial charge < -0.3 is 19.8 Å². The summed E-state index contributed by atoms with van der Waals surface area (Å²) in [6, 6.07) is 11.8. The predicted octanol–water partition coefficient (Wildman–Crippen LogP) is 4.11. The topological polar surface area (TPSA) is 80.4 Å². The van der Waals surface area contributed by atoms with E-state index in [-0.39, 0.29) is 24.9 Å². The SMILES string of the molecule is CCOCC(=O)CNCc1ccc(-c2ccc3c(OC(C)=O)c[nH]c3c2Cl)cc1. The van der Waals surface area contributed by atoms with Crippen LogP contribution in [-0.2, 0) is 20.9 Å². The summed E-state index contributed by atoms with van der Waals surface area (Å²) < 4.78 is 10.3. The first-order valence-electron chi connectivity index (χ1n) is 9.37. The molecule has 0 aliphatic carbocycles. The van der Waals surface area contributed by atoms with Gasteiger partial charge in [-0.05, 0) is 24.1 Å². The summed E-state index contributed by atoms with van der Waals surface area (Å²) in [4.78, 5) is 25.9. The number of halogens is 1. The number of carbonyl (C=O) groups excluding carboxylic acids is 2. The highest BCUT2D eigenvalue weighted by Gasteiger charge is 2.14. The fourth-order valence-electron chi connectivity index (χ4n) is 3.02. The number of Topliss-reactive ketones (excluding diaryl/α,β-unsaturated/α-hetero) is 1. The number of esters is 1. The molecule has 152 valence electrons. The van der Waals surface area contributed by atoms with Crippen LogP contribution in [0.15, 0.2) is 42.6 Å². The number of hydrogen-bond donors (Lipinski definition) is 2. The zero-order valence-electron chi connectivity index (χ0n) is 16.4. The Morgan fingerprint density at radius 2 is 1.90 bits per heavy atom. The summed E-state index contributed by atoms with van der Waals surface area (Å²) in [7, 11) is 0. The van der Waals surface area contributed by atoms with Crippen molar-refractivity contribution in [3.63, 3.8) is 0 Å². The molecule has 2 N–H and O–H groups in total. The van der Waals surface area contributed by atoms with Crippen molar-refractivity contribution < 1.29 is 19.1 Å². The lowest BCUT2D eigenvalue weighted by Crippen LogP contribution is -2.25. The number of H-pyrrole nitrogens is 1. The molecule has 29 heavy (non-hydrogen) atoms. The monoisotopic (exact) mass is 414 g/mol. The second-order valence-corrected chi connectivity index (χ2v) is 6.95. The number of fused-ring (bicyclic) bond motifs is 1. The number of nitrogens with one attached hydrogen (secondary N) is 2. The van der Waals surface area contributed by atoms with Gasteiger partial charge in [0.1, 0.15) is 6.61 Å². The molecule has 3 rings (SSSR count). The van der Waals surface area contributed by atoms with Gasteiger partial charge in [0.05, 0.1) is 17.1 Å². The van der Waals surface area contributed by atoms with E-state index in [0.717, 1.165) is 27.6 Å². The van der Waals surface area contributed by atoms with Crippen molar-refractivity contribution in [2.75, 3.05) is 19.8 Å². The second kappa shape index (κ2) is 9.69. The molecule has 1 aromatic heterocycles. The maximum atomic E-state index is 11.6. The second-order valence-electron chi connectivity index (χ2n) is 6.57. The Balaban J connectivity index is 1.69. The first-order valence-corrected chi connectivity index (χ1v) is 9.75. The molecule has 2 aromatic carbocycles. The highest BCUT2D eigenvalue weighted by Crippen LogP contribution is 2.37. The molecule has 0 saturated carbocycles. The minimum absolute atomic E-state index is 0.0302. The highest BCUT2D eigenvalue weighted by atomic mass is 35.5. The van der Waals surface area contributed by atoms with Gasteiger partial charge in [0.2, 0.25) is 0 Å². The molecule has 0 spiro atoms. The van der Waals surface area contributed by atoms with Crippen LogP contribution in [-0.4, -0.2) is 36.5 Å². The van der Waals surface area contributed by atoms with Gasteiger partial charge in [0, 0.05) is 37.2 Å². The number of benzene rings is 2. The largest absolute Gasteiger partial charge is 0.424 e. The van der Waals surface area contributed by atoms with E-state index < -0.39 is 0 Å². The van der Waals surface area contributed by atoms with Gasteiger partial charge in [0.15, 0.2) is 11.5 Å². The average molecular weight is 415 g/mol. The van der Waals surface area contributed by atoms with Crippen LogP contribution < -0.4 is 10.1 Å². The summed E-state index contributed by atoms with van der Waals surface area (Å²) >= 11 is 6.59. The molecule has 0 bridgehead atoms. The first-order chi connectivity index (χ1) is 14.0. The predicted molar refractivity (Wildman–Crippen MR) is 113 cm³/mol. The molecule has 0 fully saturated rings. The van der Waals surface area contributed by atoms with Crippen molar-refractivity contribution in [1.29, 1.82) is 0 Å². The Hall–Kier alpha value is -2.67. The quantitative estimate of drug-likeness (QED) is 0.515. The van der Waals surface area contributed by atoms with E-state index in [1.54, 1.807) is 6.20 Å². The molecule has 6 nitrogen and oxygen atoms in total. The van der Waals surface area contributed by atoms with Crippen LogP contribution in [0, 0.1) is 0 Å². The smallest absolute Gasteiger partial charge is 0.308 e. The van der Waals surface area contributed by atoms with Gasteiger partial charge in [-0.1, -0.05) is 41.9 Å². The van der Waals surface area contributed by atoms with Crippen molar-refractivity contribution in [1.82, 2.24) is 10.3 Å². The summed E-state index contributed by atoms with van der Waals surface area (Å²) in [6.45, 7) is 4.77. The minimum atomic E-state index is -0.380. The van der Waals surface area contributed by atoms with Crippen LogP contribution in [0.3, 0.4) is 0 Å². The van der Waals surface area contributed by atoms with Gasteiger partial charge >= 0.3 is 5.97 Å². The van der Waals surface area contributed by atoms with Crippen molar-refractivity contribution in [3.8, 4) is 16.9 Å². The fourth-order valence-corrected chi connectivity index (χ4v) is 3.34. The van der Waals surface area contributed by atoms with Crippen LogP contribution in [0.4, 0.5) is 0 Å². The number of ketones is 1. The standard InChI is InChI=1S/C22H23ClN2O4/c1-3-28-13-17(27)11-24-10-15-4-6-16(7-5-15)18-8-9-19-20(29-14(2)26)12-25-22(19)21(18)23/h4-9,12,24-25H,3,10-11,13H2,1-2H3. The highest BCUT2D eigenvalue weighted by molar-refractivity contribution is 6.38. The Labute approximate surface area is 174 Å². The maximum absolute atomic E-state index is 11.6. The van der Waals surface area contributed by atoms with E-state index in [0.29, 0.717) is 23.9 Å². The van der Waals surface area contributed by atoms with E-state index >= 15 is 0 Å². The van der Waals surface area contributed by atoms with Gasteiger partial charge in [-0.15, -0.1) is 0 Å². The van der Waals surface area contributed by atoms with E-state index in [1.807, 2.05) is 43.3 Å². The molecule has 7 heteroatoms. The van der Waals surface area contributed by atoms with E-state index in [2.05, 4.69) is 10.3 Å². The van der Waals surface area contributed by atoms with Crippen LogP contribution in [0.25, 0.3) is 22.0 Å². The van der Waals surface area contributed by atoms with E-state index in [4.69, 9.17) is 21.1 Å². The Bertz CT molecular complexity index is 1010. The zero-order valence-corrected chi connectivity index (χ0v) is 17.1. The fraction of sp³-hybridized carbons (Fsp3) is 0.273. The first kappa shape index (κ1) is 21.0. The lowest BCUT2D eigenvalue weighted by atomic mass is 10.0. The van der Waals surface area contributed by atoms with Gasteiger partial charge in [-0.3, -0.25) is 9.59 Å². The van der Waals surface area contributed by atoms with Crippen molar-refractivity contribution in [2.45, 2.75) is 20.4 Å². The molecule has 0 aliphatic rings. The van der Waals surface area contributed by atoms with Gasteiger partial charge in [0.25, 0.3) is 0 Å². The Kier molecular flexibility index (Phi) is 7.04. The summed E-state index contributed by atoms with van der Waals surface area (Å²) in [5.74, 6) is 0.110. The van der Waals surface area contributed by atoms with E-state index in [9.17, 15) is 9.59 Å². The van der Waals surface area contributed by atoms with Crippen LogP contribution in [0.1, 0.15) is 19.4 Å². The minimum Gasteiger partial charge on any atom is -0.424 e. The Morgan fingerprint density at radius 1 is 1.14 bits per heavy atom. The molecule has 0 saturated heterocycles. The third-order valence-corrected chi connectivity index (χ3v) is 4.78. The van der Waals surface area contributed by atoms with E-state index in [1.165, 1.54) is 6.92 Å². The number of aromatic nitrogens is 1. The van der Waals surface area contributed by atoms with Crippen molar-refractivity contribution >= 4 is 34.3 Å². The van der Waals surface area contributed by atoms with Crippen LogP contribution in [0.5, 0.6) is 5.75 Å². The molecule has 0 amide bonds. The molecule has 0 aliphatic heterocycles. The average Bonchev–Trinajstić information content (AvgIpc) is 3.10. The number of hydrogen-bond acceptors (Lipinski definition) is 5. The van der Waals surface area contributed by atoms with Crippen LogP contribution in [0.2, 0.25) is 5.02 Å². The van der Waals surface area contributed by atoms with Gasteiger partial charge in [-0.25, -0.2) is 0 Å². The number of ether oxygens (including phenoxy) is 2. The normalized spacial score (nSPS) is 11.0. The van der Waals surface area contributed by atoms with Crippen molar-refractivity contribution in [3.05, 3.63) is 53.2 Å². The summed E-state index contributed by atoms with van der Waals surface area (Å²) in [5, 5.41) is 4.44. The molecule has 1 heterocycles. The third kappa shape index (κ3) is 5.23. The summed E-state index contributed by atoms with van der Waals surface area (Å²) in [6.07, 6.45) is 1.63.